The van der Waals surface area contributed by atoms with Crippen LogP contribution < -0.4 is 9.80 Å². The Kier molecular flexibility index (Phi) is 5.26. The van der Waals surface area contributed by atoms with Gasteiger partial charge in [0, 0.05) is 45.1 Å². The Balaban J connectivity index is 1.57. The number of anilines is 2. The van der Waals surface area contributed by atoms with Gasteiger partial charge >= 0.3 is 6.09 Å². The first kappa shape index (κ1) is 19.0. The third-order valence-electron chi connectivity index (χ3n) is 4.67. The summed E-state index contributed by atoms with van der Waals surface area (Å²) in [6, 6.07) is 3.81. The third-order valence-corrected chi connectivity index (χ3v) is 4.67. The lowest BCUT2D eigenvalue weighted by Gasteiger charge is -2.36. The van der Waals surface area contributed by atoms with Gasteiger partial charge in [-0.25, -0.2) is 9.78 Å². The highest BCUT2D eigenvalue weighted by atomic mass is 16.6. The van der Waals surface area contributed by atoms with Gasteiger partial charge in [-0.3, -0.25) is 9.69 Å². The van der Waals surface area contributed by atoms with Crippen LogP contribution in [0, 0.1) is 18.3 Å². The van der Waals surface area contributed by atoms with E-state index in [-0.39, 0.29) is 17.9 Å². The summed E-state index contributed by atoms with van der Waals surface area (Å²) in [4.78, 5) is 34.2. The van der Waals surface area contributed by atoms with Gasteiger partial charge < -0.3 is 14.5 Å². The maximum absolute atomic E-state index is 12.2. The van der Waals surface area contributed by atoms with Crippen molar-refractivity contribution >= 4 is 23.5 Å². The van der Waals surface area contributed by atoms with Gasteiger partial charge in [-0.2, -0.15) is 0 Å². The quantitative estimate of drug-likeness (QED) is 0.746. The zero-order chi connectivity index (χ0) is 19.6. The van der Waals surface area contributed by atoms with E-state index in [1.54, 1.807) is 16.0 Å². The van der Waals surface area contributed by atoms with E-state index >= 15 is 0 Å². The summed E-state index contributed by atoms with van der Waals surface area (Å²) < 4.78 is 5.42. The number of pyridine rings is 1. The maximum atomic E-state index is 12.2. The molecule has 1 unspecified atom stereocenters. The molecule has 1 atom stereocenters. The van der Waals surface area contributed by atoms with E-state index < -0.39 is 5.60 Å². The van der Waals surface area contributed by atoms with Crippen LogP contribution in [0.25, 0.3) is 0 Å². The van der Waals surface area contributed by atoms with Gasteiger partial charge in [-0.1, -0.05) is 0 Å². The molecule has 0 bridgehead atoms. The second-order valence-corrected chi connectivity index (χ2v) is 7.90. The molecule has 2 amide bonds. The number of rotatable bonds is 2. The Labute approximate surface area is 160 Å². The zero-order valence-corrected chi connectivity index (χ0v) is 16.1. The van der Waals surface area contributed by atoms with Crippen molar-refractivity contribution in [3.05, 3.63) is 18.3 Å². The molecule has 3 heterocycles. The second-order valence-electron chi connectivity index (χ2n) is 7.90. The van der Waals surface area contributed by atoms with Crippen molar-refractivity contribution < 1.29 is 14.3 Å². The number of nitrogens with zero attached hydrogens (tertiary/aromatic N) is 4. The molecule has 1 aromatic rings. The van der Waals surface area contributed by atoms with Crippen LogP contribution in [0.2, 0.25) is 0 Å². The van der Waals surface area contributed by atoms with E-state index in [1.807, 2.05) is 32.9 Å². The molecular formula is C20H26N4O3. The molecule has 2 saturated heterocycles. The molecule has 3 rings (SSSR count). The SMILES string of the molecule is C#CC1CC(=O)N(c2ccc(N3CCN(C(=O)OC(C)(C)C)CC3)cn2)C1. The van der Waals surface area contributed by atoms with Gasteiger partial charge in [0.1, 0.15) is 11.4 Å². The zero-order valence-electron chi connectivity index (χ0n) is 16.1. The predicted molar refractivity (Wildman–Crippen MR) is 104 cm³/mol. The summed E-state index contributed by atoms with van der Waals surface area (Å²) in [5.74, 6) is 3.25. The molecule has 0 saturated carbocycles. The van der Waals surface area contributed by atoms with Crippen LogP contribution in [0.3, 0.4) is 0 Å². The molecule has 0 N–H and O–H groups in total. The number of aromatic nitrogens is 1. The molecule has 1 aromatic heterocycles. The topological polar surface area (TPSA) is 66.0 Å². The van der Waals surface area contributed by atoms with Gasteiger partial charge in [0.05, 0.1) is 11.9 Å². The molecule has 27 heavy (non-hydrogen) atoms. The summed E-state index contributed by atoms with van der Waals surface area (Å²) >= 11 is 0. The van der Waals surface area contributed by atoms with Crippen LogP contribution in [-0.4, -0.2) is 60.2 Å². The molecule has 0 spiro atoms. The standard InChI is InChI=1S/C20H26N4O3/c1-5-15-12-18(25)24(14-15)17-7-6-16(13-21-17)22-8-10-23(11-9-22)19(26)27-20(2,3)4/h1,6-7,13,15H,8-12,14H2,2-4H3. The van der Waals surface area contributed by atoms with Crippen LogP contribution in [0.1, 0.15) is 27.2 Å². The average Bonchev–Trinajstić information content (AvgIpc) is 3.01. The average molecular weight is 370 g/mol. The lowest BCUT2D eigenvalue weighted by Crippen LogP contribution is -2.50. The van der Waals surface area contributed by atoms with Crippen LogP contribution in [-0.2, 0) is 9.53 Å². The Hall–Kier alpha value is -2.75. The molecule has 0 aliphatic carbocycles. The first-order valence-electron chi connectivity index (χ1n) is 9.22. The highest BCUT2D eigenvalue weighted by Crippen LogP contribution is 2.25. The summed E-state index contributed by atoms with van der Waals surface area (Å²) in [5.41, 5.74) is 0.488. The van der Waals surface area contributed by atoms with Crippen molar-refractivity contribution in [1.29, 1.82) is 0 Å². The van der Waals surface area contributed by atoms with E-state index in [9.17, 15) is 9.59 Å². The number of amides is 2. The van der Waals surface area contributed by atoms with E-state index in [2.05, 4.69) is 15.8 Å². The highest BCUT2D eigenvalue weighted by molar-refractivity contribution is 5.95. The van der Waals surface area contributed by atoms with Crippen molar-refractivity contribution in [1.82, 2.24) is 9.88 Å². The lowest BCUT2D eigenvalue weighted by molar-refractivity contribution is -0.117. The largest absolute Gasteiger partial charge is 0.444 e. The fourth-order valence-electron chi connectivity index (χ4n) is 3.24. The molecule has 0 radical (unpaired) electrons. The number of carbonyl (C=O) groups excluding carboxylic acids is 2. The minimum Gasteiger partial charge on any atom is -0.444 e. The maximum Gasteiger partial charge on any atom is 0.410 e. The normalized spacial score (nSPS) is 20.6. The second kappa shape index (κ2) is 7.47. The minimum atomic E-state index is -0.487. The van der Waals surface area contributed by atoms with Crippen LogP contribution in [0.5, 0.6) is 0 Å². The Morgan fingerprint density at radius 2 is 1.96 bits per heavy atom. The molecular weight excluding hydrogens is 344 g/mol. The monoisotopic (exact) mass is 370 g/mol. The smallest absolute Gasteiger partial charge is 0.410 e. The number of piperazine rings is 1. The van der Waals surface area contributed by atoms with Gasteiger partial charge in [-0.15, -0.1) is 12.3 Å². The van der Waals surface area contributed by atoms with Gasteiger partial charge in [0.15, 0.2) is 0 Å². The summed E-state index contributed by atoms with van der Waals surface area (Å²) in [7, 11) is 0. The molecule has 2 aliphatic rings. The highest BCUT2D eigenvalue weighted by Gasteiger charge is 2.30. The summed E-state index contributed by atoms with van der Waals surface area (Å²) in [6.45, 7) is 8.75. The summed E-state index contributed by atoms with van der Waals surface area (Å²) in [6.07, 6.45) is 7.31. The number of hydrogen-bond acceptors (Lipinski definition) is 5. The fraction of sp³-hybridized carbons (Fsp3) is 0.550. The summed E-state index contributed by atoms with van der Waals surface area (Å²) in [5, 5.41) is 0. The fourth-order valence-corrected chi connectivity index (χ4v) is 3.24. The van der Waals surface area contributed by atoms with Crippen LogP contribution in [0.4, 0.5) is 16.3 Å². The predicted octanol–water partition coefficient (Wildman–Crippen LogP) is 2.12. The van der Waals surface area contributed by atoms with Gasteiger partial charge in [0.2, 0.25) is 5.91 Å². The van der Waals surface area contributed by atoms with Crippen LogP contribution in [0.15, 0.2) is 18.3 Å². The Morgan fingerprint density at radius 1 is 1.26 bits per heavy atom. The van der Waals surface area contributed by atoms with Crippen molar-refractivity contribution in [3.8, 4) is 12.3 Å². The molecule has 144 valence electrons. The number of terminal acetylenes is 1. The molecule has 0 aromatic carbocycles. The van der Waals surface area contributed by atoms with Crippen molar-refractivity contribution in [3.63, 3.8) is 0 Å². The molecule has 7 heteroatoms. The molecule has 2 aliphatic heterocycles. The van der Waals surface area contributed by atoms with Crippen molar-refractivity contribution in [2.24, 2.45) is 5.92 Å². The van der Waals surface area contributed by atoms with Crippen molar-refractivity contribution in [2.45, 2.75) is 32.8 Å². The minimum absolute atomic E-state index is 0.0178. The molecule has 2 fully saturated rings. The first-order valence-corrected chi connectivity index (χ1v) is 9.22. The van der Waals surface area contributed by atoms with E-state index in [4.69, 9.17) is 11.2 Å². The van der Waals surface area contributed by atoms with Crippen LogP contribution >= 0.6 is 0 Å². The lowest BCUT2D eigenvalue weighted by atomic mass is 10.1. The number of hydrogen-bond donors (Lipinski definition) is 0. The first-order chi connectivity index (χ1) is 12.8. The van der Waals surface area contributed by atoms with Gasteiger partial charge in [0.25, 0.3) is 0 Å². The van der Waals surface area contributed by atoms with Gasteiger partial charge in [-0.05, 0) is 32.9 Å². The van der Waals surface area contributed by atoms with Crippen molar-refractivity contribution in [2.75, 3.05) is 42.5 Å². The van der Waals surface area contributed by atoms with E-state index in [1.165, 1.54) is 0 Å². The molecule has 7 nitrogen and oxygen atoms in total. The Bertz CT molecular complexity index is 740. The Morgan fingerprint density at radius 3 is 2.48 bits per heavy atom. The number of ether oxygens (including phenoxy) is 1. The van der Waals surface area contributed by atoms with E-state index in [0.29, 0.717) is 45.0 Å². The number of carbonyl (C=O) groups is 2. The van der Waals surface area contributed by atoms with E-state index in [0.717, 1.165) is 5.69 Å². The third kappa shape index (κ3) is 4.51.